The Bertz CT molecular complexity index is 363. The minimum Gasteiger partial charge on any atom is -0.327 e. The van der Waals surface area contributed by atoms with Gasteiger partial charge in [-0.05, 0) is 25.7 Å². The fraction of sp³-hybridized carbons (Fsp3) is 0.750. The van der Waals surface area contributed by atoms with Crippen LogP contribution >= 0.6 is 0 Å². The van der Waals surface area contributed by atoms with Crippen LogP contribution in [0.3, 0.4) is 0 Å². The summed E-state index contributed by atoms with van der Waals surface area (Å²) in [6.07, 6.45) is 2.28. The predicted octanol–water partition coefficient (Wildman–Crippen LogP) is 1.92. The second-order valence-electron chi connectivity index (χ2n) is 5.03. The van der Waals surface area contributed by atoms with Gasteiger partial charge >= 0.3 is 0 Å². The van der Waals surface area contributed by atoms with Gasteiger partial charge in [-0.3, -0.25) is 4.68 Å². The van der Waals surface area contributed by atoms with E-state index in [9.17, 15) is 0 Å². The molecule has 2 N–H and O–H groups in total. The normalized spacial score (nSPS) is 22.1. The summed E-state index contributed by atoms with van der Waals surface area (Å²) in [4.78, 5) is 0. The highest BCUT2D eigenvalue weighted by atomic mass is 15.3. The minimum atomic E-state index is 0.243. The van der Waals surface area contributed by atoms with Crippen LogP contribution in [-0.2, 0) is 13.5 Å². The van der Waals surface area contributed by atoms with E-state index < -0.39 is 0 Å². The number of aromatic nitrogens is 2. The Kier molecular flexibility index (Phi) is 2.59. The van der Waals surface area contributed by atoms with Gasteiger partial charge in [0, 0.05) is 30.3 Å². The molecule has 0 spiro atoms. The van der Waals surface area contributed by atoms with Crippen LogP contribution in [0.5, 0.6) is 0 Å². The molecule has 1 aromatic heterocycles. The highest BCUT2D eigenvalue weighted by Crippen LogP contribution is 2.39. The van der Waals surface area contributed by atoms with Gasteiger partial charge < -0.3 is 5.73 Å². The Morgan fingerprint density at radius 1 is 1.40 bits per heavy atom. The van der Waals surface area contributed by atoms with E-state index in [1.165, 1.54) is 23.4 Å². The maximum Gasteiger partial charge on any atom is 0.0663 e. The van der Waals surface area contributed by atoms with E-state index in [1.807, 2.05) is 11.7 Å². The van der Waals surface area contributed by atoms with E-state index in [2.05, 4.69) is 25.9 Å². The van der Waals surface area contributed by atoms with Crippen LogP contribution in [0.1, 0.15) is 56.0 Å². The second kappa shape index (κ2) is 3.63. The summed E-state index contributed by atoms with van der Waals surface area (Å²) in [7, 11) is 2.05. The van der Waals surface area contributed by atoms with E-state index in [0.29, 0.717) is 11.8 Å². The molecular formula is C12H21N3. The van der Waals surface area contributed by atoms with Gasteiger partial charge in [0.1, 0.15) is 0 Å². The SMILES string of the molecule is CC(C)c1c2c(nn1C)CCC2C(C)N. The lowest BCUT2D eigenvalue weighted by molar-refractivity contribution is 0.541. The monoisotopic (exact) mass is 207 g/mol. The van der Waals surface area contributed by atoms with Gasteiger partial charge in [-0.2, -0.15) is 5.10 Å². The van der Waals surface area contributed by atoms with Gasteiger partial charge in [-0.15, -0.1) is 0 Å². The number of aryl methyl sites for hydroxylation is 2. The first kappa shape index (κ1) is 10.7. The largest absolute Gasteiger partial charge is 0.327 e. The summed E-state index contributed by atoms with van der Waals surface area (Å²) in [5, 5.41) is 4.61. The van der Waals surface area contributed by atoms with Gasteiger partial charge in [-0.25, -0.2) is 0 Å². The Morgan fingerprint density at radius 3 is 2.60 bits per heavy atom. The van der Waals surface area contributed by atoms with Crippen LogP contribution in [0, 0.1) is 0 Å². The van der Waals surface area contributed by atoms with E-state index in [1.54, 1.807) is 0 Å². The summed E-state index contributed by atoms with van der Waals surface area (Å²) in [6.45, 7) is 6.57. The first-order valence-corrected chi connectivity index (χ1v) is 5.83. The predicted molar refractivity (Wildman–Crippen MR) is 62.0 cm³/mol. The summed E-state index contributed by atoms with van der Waals surface area (Å²) in [5.74, 6) is 1.05. The molecule has 15 heavy (non-hydrogen) atoms. The van der Waals surface area contributed by atoms with Crippen molar-refractivity contribution in [2.45, 2.75) is 51.5 Å². The van der Waals surface area contributed by atoms with E-state index in [0.717, 1.165) is 6.42 Å². The Labute approximate surface area is 91.7 Å². The Balaban J connectivity index is 2.49. The van der Waals surface area contributed by atoms with Crippen LogP contribution in [0.15, 0.2) is 0 Å². The molecule has 0 fully saturated rings. The van der Waals surface area contributed by atoms with Crippen molar-refractivity contribution in [2.75, 3.05) is 0 Å². The standard InChI is InChI=1S/C12H21N3/c1-7(2)12-11-9(8(3)13)5-6-10(11)14-15(12)4/h7-9H,5-6,13H2,1-4H3. The molecule has 2 rings (SSSR count). The van der Waals surface area contributed by atoms with Crippen molar-refractivity contribution in [2.24, 2.45) is 12.8 Å². The van der Waals surface area contributed by atoms with Gasteiger partial charge in [0.25, 0.3) is 0 Å². The average Bonchev–Trinajstić information content (AvgIpc) is 2.59. The molecule has 0 aliphatic heterocycles. The van der Waals surface area contributed by atoms with Gasteiger partial charge in [0.05, 0.1) is 5.69 Å². The van der Waals surface area contributed by atoms with Crippen LogP contribution in [0.4, 0.5) is 0 Å². The van der Waals surface area contributed by atoms with Gasteiger partial charge in [-0.1, -0.05) is 13.8 Å². The molecule has 3 heteroatoms. The molecule has 2 unspecified atom stereocenters. The summed E-state index contributed by atoms with van der Waals surface area (Å²) < 4.78 is 2.05. The lowest BCUT2D eigenvalue weighted by Crippen LogP contribution is -2.24. The number of hydrogen-bond acceptors (Lipinski definition) is 2. The molecule has 3 nitrogen and oxygen atoms in total. The van der Waals surface area contributed by atoms with Crippen LogP contribution < -0.4 is 5.73 Å². The fourth-order valence-electron chi connectivity index (χ4n) is 2.85. The van der Waals surface area contributed by atoms with Crippen molar-refractivity contribution >= 4 is 0 Å². The van der Waals surface area contributed by atoms with Crippen molar-refractivity contribution in [3.05, 3.63) is 17.0 Å². The zero-order valence-corrected chi connectivity index (χ0v) is 10.1. The fourth-order valence-corrected chi connectivity index (χ4v) is 2.85. The van der Waals surface area contributed by atoms with Crippen LogP contribution in [-0.4, -0.2) is 15.8 Å². The number of rotatable bonds is 2. The molecule has 0 saturated carbocycles. The maximum atomic E-state index is 6.05. The molecule has 1 aliphatic rings. The average molecular weight is 207 g/mol. The lowest BCUT2D eigenvalue weighted by atomic mass is 9.91. The molecule has 1 aliphatic carbocycles. The number of nitrogens with two attached hydrogens (primary N) is 1. The van der Waals surface area contributed by atoms with Crippen LogP contribution in [0.25, 0.3) is 0 Å². The van der Waals surface area contributed by atoms with Crippen molar-refractivity contribution in [3.8, 4) is 0 Å². The summed E-state index contributed by atoms with van der Waals surface area (Å²) in [6, 6.07) is 0.243. The topological polar surface area (TPSA) is 43.8 Å². The molecule has 2 atom stereocenters. The smallest absolute Gasteiger partial charge is 0.0663 e. The number of fused-ring (bicyclic) bond motifs is 1. The molecule has 1 heterocycles. The van der Waals surface area contributed by atoms with Crippen molar-refractivity contribution < 1.29 is 0 Å². The van der Waals surface area contributed by atoms with E-state index in [-0.39, 0.29) is 6.04 Å². The third-order valence-electron chi connectivity index (χ3n) is 3.45. The first-order valence-electron chi connectivity index (χ1n) is 5.83. The molecule has 0 aromatic carbocycles. The highest BCUT2D eigenvalue weighted by Gasteiger charge is 2.32. The molecule has 0 radical (unpaired) electrons. The third kappa shape index (κ3) is 1.59. The zero-order valence-electron chi connectivity index (χ0n) is 10.1. The first-order chi connectivity index (χ1) is 7.02. The molecule has 84 valence electrons. The van der Waals surface area contributed by atoms with E-state index in [4.69, 9.17) is 5.73 Å². The number of hydrogen-bond donors (Lipinski definition) is 1. The molecular weight excluding hydrogens is 186 g/mol. The molecule has 0 amide bonds. The zero-order chi connectivity index (χ0) is 11.2. The van der Waals surface area contributed by atoms with Crippen LogP contribution in [0.2, 0.25) is 0 Å². The summed E-state index contributed by atoms with van der Waals surface area (Å²) >= 11 is 0. The Morgan fingerprint density at radius 2 is 2.07 bits per heavy atom. The third-order valence-corrected chi connectivity index (χ3v) is 3.45. The minimum absolute atomic E-state index is 0.243. The van der Waals surface area contributed by atoms with Gasteiger partial charge in [0.15, 0.2) is 0 Å². The maximum absolute atomic E-state index is 6.05. The van der Waals surface area contributed by atoms with Crippen molar-refractivity contribution in [1.29, 1.82) is 0 Å². The Hall–Kier alpha value is -0.830. The summed E-state index contributed by atoms with van der Waals surface area (Å²) in [5.41, 5.74) is 10.2. The van der Waals surface area contributed by atoms with Crippen molar-refractivity contribution in [3.63, 3.8) is 0 Å². The van der Waals surface area contributed by atoms with Crippen molar-refractivity contribution in [1.82, 2.24) is 9.78 Å². The quantitative estimate of drug-likeness (QED) is 0.805. The molecule has 1 aromatic rings. The second-order valence-corrected chi connectivity index (χ2v) is 5.03. The number of nitrogens with zero attached hydrogens (tertiary/aromatic N) is 2. The van der Waals surface area contributed by atoms with Gasteiger partial charge in [0.2, 0.25) is 0 Å². The molecule has 0 bridgehead atoms. The van der Waals surface area contributed by atoms with E-state index >= 15 is 0 Å². The lowest BCUT2D eigenvalue weighted by Gasteiger charge is -2.18. The highest BCUT2D eigenvalue weighted by molar-refractivity contribution is 5.37. The molecule has 0 saturated heterocycles.